The molecule has 4 rings (SSSR count). The molecule has 0 saturated carbocycles. The minimum atomic E-state index is -1.02. The fraction of sp³-hybridized carbons (Fsp3) is 0.400. The molecule has 0 aliphatic carbocycles. The van der Waals surface area contributed by atoms with Crippen molar-refractivity contribution < 1.29 is 18.3 Å². The van der Waals surface area contributed by atoms with E-state index in [2.05, 4.69) is 10.3 Å². The molecule has 1 fully saturated rings. The number of carbonyl (C=O) groups is 1. The maximum absolute atomic E-state index is 13.3. The molecule has 120 valence electrons. The van der Waals surface area contributed by atoms with Gasteiger partial charge in [0.1, 0.15) is 0 Å². The molecule has 2 aliphatic heterocycles. The number of likely N-dealkylation sites (tertiary alicyclic amines) is 1. The van der Waals surface area contributed by atoms with Crippen LogP contribution >= 0.6 is 0 Å². The summed E-state index contributed by atoms with van der Waals surface area (Å²) in [5, 5.41) is 7.95. The Kier molecular flexibility index (Phi) is 3.33. The average molecular weight is 320 g/mol. The van der Waals surface area contributed by atoms with Crippen LogP contribution in [0.4, 0.5) is 8.78 Å². The van der Waals surface area contributed by atoms with Crippen molar-refractivity contribution in [1.82, 2.24) is 19.9 Å². The number of ether oxygens (including phenoxy) is 1. The molecule has 1 saturated heterocycles. The zero-order valence-corrected chi connectivity index (χ0v) is 12.2. The van der Waals surface area contributed by atoms with Crippen LogP contribution < -0.4 is 0 Å². The Morgan fingerprint density at radius 2 is 2.17 bits per heavy atom. The van der Waals surface area contributed by atoms with Gasteiger partial charge in [-0.2, -0.15) is 0 Å². The number of hydrogen-bond acceptors (Lipinski definition) is 4. The minimum Gasteiger partial charge on any atom is -0.370 e. The van der Waals surface area contributed by atoms with Crippen molar-refractivity contribution in [3.63, 3.8) is 0 Å². The van der Waals surface area contributed by atoms with Crippen molar-refractivity contribution in [2.24, 2.45) is 0 Å². The van der Waals surface area contributed by atoms with E-state index in [0.717, 1.165) is 17.8 Å². The molecule has 1 aromatic carbocycles. The molecule has 3 heterocycles. The number of amides is 1. The van der Waals surface area contributed by atoms with Crippen LogP contribution in [0.1, 0.15) is 28.5 Å². The first-order valence-corrected chi connectivity index (χ1v) is 7.38. The Morgan fingerprint density at radius 3 is 3.00 bits per heavy atom. The second kappa shape index (κ2) is 5.38. The fourth-order valence-electron chi connectivity index (χ4n) is 3.18. The second-order valence-electron chi connectivity index (χ2n) is 5.76. The predicted molar refractivity (Wildman–Crippen MR) is 74.5 cm³/mol. The smallest absolute Gasteiger partial charge is 0.254 e. The summed E-state index contributed by atoms with van der Waals surface area (Å²) >= 11 is 0. The van der Waals surface area contributed by atoms with Gasteiger partial charge < -0.3 is 9.64 Å². The summed E-state index contributed by atoms with van der Waals surface area (Å²) in [6, 6.07) is 3.09. The van der Waals surface area contributed by atoms with Gasteiger partial charge >= 0.3 is 0 Å². The Bertz CT molecular complexity index is 764. The van der Waals surface area contributed by atoms with Gasteiger partial charge in [-0.25, -0.2) is 13.5 Å². The Labute approximate surface area is 130 Å². The molecule has 23 heavy (non-hydrogen) atoms. The van der Waals surface area contributed by atoms with E-state index in [0.29, 0.717) is 26.1 Å². The van der Waals surface area contributed by atoms with Crippen molar-refractivity contribution in [3.8, 4) is 0 Å². The molecule has 0 bridgehead atoms. The van der Waals surface area contributed by atoms with Gasteiger partial charge in [0.25, 0.3) is 5.91 Å². The Hall–Kier alpha value is -2.35. The lowest BCUT2D eigenvalue weighted by Crippen LogP contribution is -2.49. The topological polar surface area (TPSA) is 60.3 Å². The highest BCUT2D eigenvalue weighted by molar-refractivity contribution is 5.94. The van der Waals surface area contributed by atoms with Crippen LogP contribution in [0.15, 0.2) is 24.4 Å². The molecule has 6 nitrogen and oxygen atoms in total. The SMILES string of the molecule is O=C(c1ccc(F)c(F)c1)N1CC[C@H]2OCc3cnnn3[C@H]2C1. The molecule has 2 atom stereocenters. The molecular weight excluding hydrogens is 306 g/mol. The maximum Gasteiger partial charge on any atom is 0.254 e. The predicted octanol–water partition coefficient (Wildman–Crippen LogP) is 1.54. The molecule has 1 aromatic heterocycles. The van der Waals surface area contributed by atoms with Crippen LogP contribution in [0.5, 0.6) is 0 Å². The second-order valence-corrected chi connectivity index (χ2v) is 5.76. The number of nitrogens with zero attached hydrogens (tertiary/aromatic N) is 4. The van der Waals surface area contributed by atoms with Crippen LogP contribution in [0.25, 0.3) is 0 Å². The van der Waals surface area contributed by atoms with Crippen molar-refractivity contribution in [1.29, 1.82) is 0 Å². The third-order valence-corrected chi connectivity index (χ3v) is 4.38. The standard InChI is InChI=1S/C15H14F2N4O2/c16-11-2-1-9(5-12(11)17)15(22)20-4-3-14-13(7-20)21-10(8-23-14)6-18-19-21/h1-2,5-6,13-14H,3-4,7-8H2/t13-,14+/m0/s1. The van der Waals surface area contributed by atoms with Crippen molar-refractivity contribution >= 4 is 5.91 Å². The van der Waals surface area contributed by atoms with E-state index in [1.54, 1.807) is 15.8 Å². The highest BCUT2D eigenvalue weighted by Crippen LogP contribution is 2.30. The summed E-state index contributed by atoms with van der Waals surface area (Å²) < 4.78 is 33.9. The van der Waals surface area contributed by atoms with Crippen LogP contribution in [-0.4, -0.2) is 45.0 Å². The maximum atomic E-state index is 13.3. The summed E-state index contributed by atoms with van der Waals surface area (Å²) in [6.45, 7) is 1.37. The van der Waals surface area contributed by atoms with Gasteiger partial charge in [0.2, 0.25) is 0 Å². The number of carbonyl (C=O) groups excluding carboxylic acids is 1. The number of piperidine rings is 1. The molecular formula is C15H14F2N4O2. The summed E-state index contributed by atoms with van der Waals surface area (Å²) in [4.78, 5) is 14.2. The quantitative estimate of drug-likeness (QED) is 0.800. The first-order valence-electron chi connectivity index (χ1n) is 7.38. The van der Waals surface area contributed by atoms with Gasteiger partial charge in [-0.15, -0.1) is 5.10 Å². The van der Waals surface area contributed by atoms with Gasteiger partial charge in [-0.1, -0.05) is 5.21 Å². The van der Waals surface area contributed by atoms with Crippen molar-refractivity contribution in [2.75, 3.05) is 13.1 Å². The van der Waals surface area contributed by atoms with E-state index in [-0.39, 0.29) is 23.6 Å². The van der Waals surface area contributed by atoms with E-state index in [4.69, 9.17) is 4.74 Å². The third kappa shape index (κ3) is 2.39. The van der Waals surface area contributed by atoms with E-state index < -0.39 is 11.6 Å². The Balaban J connectivity index is 1.57. The number of fused-ring (bicyclic) bond motifs is 3. The number of hydrogen-bond donors (Lipinski definition) is 0. The molecule has 0 N–H and O–H groups in total. The lowest BCUT2D eigenvalue weighted by Gasteiger charge is -2.41. The van der Waals surface area contributed by atoms with Gasteiger partial charge in [0, 0.05) is 18.7 Å². The number of aromatic nitrogens is 3. The number of benzene rings is 1. The molecule has 1 amide bonds. The summed E-state index contributed by atoms with van der Waals surface area (Å²) in [5.41, 5.74) is 1.01. The van der Waals surface area contributed by atoms with Crippen molar-refractivity contribution in [3.05, 3.63) is 47.3 Å². The molecule has 8 heteroatoms. The molecule has 2 aromatic rings. The summed E-state index contributed by atoms with van der Waals surface area (Å²) in [5.74, 6) is -2.31. The first-order chi connectivity index (χ1) is 11.1. The normalized spacial score (nSPS) is 23.3. The van der Waals surface area contributed by atoms with Crippen LogP contribution in [0, 0.1) is 11.6 Å². The van der Waals surface area contributed by atoms with Crippen LogP contribution in [-0.2, 0) is 11.3 Å². The summed E-state index contributed by atoms with van der Waals surface area (Å²) in [7, 11) is 0. The van der Waals surface area contributed by atoms with Gasteiger partial charge in [-0.05, 0) is 24.6 Å². The lowest BCUT2D eigenvalue weighted by atomic mass is 9.99. The average Bonchev–Trinajstić information content (AvgIpc) is 3.05. The molecule has 0 spiro atoms. The number of rotatable bonds is 1. The van der Waals surface area contributed by atoms with Crippen LogP contribution in [0.2, 0.25) is 0 Å². The Morgan fingerprint density at radius 1 is 1.30 bits per heavy atom. The van der Waals surface area contributed by atoms with E-state index in [1.165, 1.54) is 6.07 Å². The summed E-state index contributed by atoms with van der Waals surface area (Å²) in [6.07, 6.45) is 2.30. The highest BCUT2D eigenvalue weighted by Gasteiger charge is 2.38. The minimum absolute atomic E-state index is 0.0156. The van der Waals surface area contributed by atoms with E-state index >= 15 is 0 Å². The van der Waals surface area contributed by atoms with E-state index in [1.807, 2.05) is 0 Å². The molecule has 0 unspecified atom stereocenters. The zero-order chi connectivity index (χ0) is 16.0. The van der Waals surface area contributed by atoms with E-state index in [9.17, 15) is 13.6 Å². The number of halogens is 2. The lowest BCUT2D eigenvalue weighted by molar-refractivity contribution is -0.0605. The molecule has 0 radical (unpaired) electrons. The largest absolute Gasteiger partial charge is 0.370 e. The zero-order valence-electron chi connectivity index (χ0n) is 12.2. The fourth-order valence-corrected chi connectivity index (χ4v) is 3.18. The van der Waals surface area contributed by atoms with Gasteiger partial charge in [-0.3, -0.25) is 4.79 Å². The van der Waals surface area contributed by atoms with Crippen LogP contribution in [0.3, 0.4) is 0 Å². The van der Waals surface area contributed by atoms with Gasteiger partial charge in [0.15, 0.2) is 11.6 Å². The van der Waals surface area contributed by atoms with Gasteiger partial charge in [0.05, 0.1) is 30.6 Å². The monoisotopic (exact) mass is 320 g/mol. The highest BCUT2D eigenvalue weighted by atomic mass is 19.2. The van der Waals surface area contributed by atoms with Crippen molar-refractivity contribution in [2.45, 2.75) is 25.2 Å². The first kappa shape index (κ1) is 14.3. The third-order valence-electron chi connectivity index (χ3n) is 4.38. The molecule has 2 aliphatic rings.